The minimum absolute atomic E-state index is 0.576. The van der Waals surface area contributed by atoms with Crippen LogP contribution in [0.4, 0.5) is 0 Å². The number of aromatic nitrogens is 4. The van der Waals surface area contributed by atoms with Crippen molar-refractivity contribution in [3.05, 3.63) is 265 Å². The Morgan fingerprint density at radius 1 is 0.348 bits per heavy atom. The molecule has 3 heterocycles. The van der Waals surface area contributed by atoms with Gasteiger partial charge < -0.3 is 4.57 Å². The molecule has 0 spiro atoms. The average Bonchev–Trinajstić information content (AvgIpc) is 4.08. The van der Waals surface area contributed by atoms with Crippen LogP contribution in [0.15, 0.2) is 243 Å². The van der Waals surface area contributed by atoms with Crippen LogP contribution < -0.4 is 0 Å². The fourth-order valence-corrected chi connectivity index (χ4v) is 12.4. The van der Waals surface area contributed by atoms with E-state index < -0.39 is 5.41 Å². The smallest absolute Gasteiger partial charge is 0.166 e. The predicted molar refractivity (Wildman–Crippen MR) is 286 cm³/mol. The maximum atomic E-state index is 5.63. The third kappa shape index (κ3) is 5.97. The topological polar surface area (TPSA) is 43.6 Å². The van der Waals surface area contributed by atoms with Gasteiger partial charge in [0.25, 0.3) is 0 Å². The highest BCUT2D eigenvalue weighted by Gasteiger charge is 2.47. The number of nitrogens with zero attached hydrogens (tertiary/aromatic N) is 4. The molecule has 5 heteroatoms. The highest BCUT2D eigenvalue weighted by molar-refractivity contribution is 7.26. The lowest BCUT2D eigenvalue weighted by Gasteiger charge is -2.33. The van der Waals surface area contributed by atoms with E-state index >= 15 is 0 Å². The standard InChI is InChI=1S/C64H40N4S/c1-4-20-41(21-5-1)42-38-39-46-45-26-11-15-35-55(45)68(57(46)40-42)56-36-16-12-29-50(56)61-65-62(67-63(66-61)52-32-18-30-48-47-27-13-17-37-58(47)69-60(48)52)51-31-19-34-54-59(51)49-28-10-14-33-53(49)64(54,43-22-6-2-7-23-43)44-24-8-3-9-25-44/h1-40H. The minimum Gasteiger partial charge on any atom is -0.308 e. The Morgan fingerprint density at radius 2 is 0.884 bits per heavy atom. The van der Waals surface area contributed by atoms with Gasteiger partial charge in [0, 0.05) is 47.6 Å². The summed E-state index contributed by atoms with van der Waals surface area (Å²) in [6, 6.07) is 87.4. The highest BCUT2D eigenvalue weighted by atomic mass is 32.1. The molecular formula is C64H40N4S. The Morgan fingerprint density at radius 3 is 1.67 bits per heavy atom. The summed E-state index contributed by atoms with van der Waals surface area (Å²) in [6.45, 7) is 0. The van der Waals surface area contributed by atoms with Gasteiger partial charge in [-0.05, 0) is 80.9 Å². The van der Waals surface area contributed by atoms with Crippen molar-refractivity contribution in [2.24, 2.45) is 0 Å². The largest absolute Gasteiger partial charge is 0.308 e. The number of benzene rings is 10. The second kappa shape index (κ2) is 15.7. The molecule has 0 atom stereocenters. The van der Waals surface area contributed by atoms with E-state index in [4.69, 9.17) is 15.0 Å². The first-order chi connectivity index (χ1) is 34.2. The van der Waals surface area contributed by atoms with Gasteiger partial charge in [0.05, 0.1) is 22.1 Å². The maximum absolute atomic E-state index is 5.63. The molecule has 69 heavy (non-hydrogen) atoms. The Hall–Kier alpha value is -8.77. The average molecular weight is 897 g/mol. The van der Waals surface area contributed by atoms with Crippen LogP contribution in [-0.2, 0) is 5.41 Å². The van der Waals surface area contributed by atoms with Crippen molar-refractivity contribution in [2.45, 2.75) is 5.41 Å². The lowest BCUT2D eigenvalue weighted by atomic mass is 9.67. The van der Waals surface area contributed by atoms with Crippen LogP contribution in [-0.4, -0.2) is 19.5 Å². The molecule has 0 bridgehead atoms. The number of hydrogen-bond acceptors (Lipinski definition) is 4. The molecule has 0 aliphatic heterocycles. The van der Waals surface area contributed by atoms with Gasteiger partial charge in [-0.2, -0.15) is 0 Å². The second-order valence-corrected chi connectivity index (χ2v) is 18.9. The molecule has 0 fully saturated rings. The summed E-state index contributed by atoms with van der Waals surface area (Å²) in [4.78, 5) is 16.8. The quantitative estimate of drug-likeness (QED) is 0.160. The van der Waals surface area contributed by atoms with E-state index in [1.54, 1.807) is 11.3 Å². The Kier molecular flexibility index (Phi) is 8.95. The Bertz CT molecular complexity index is 4100. The summed E-state index contributed by atoms with van der Waals surface area (Å²) < 4.78 is 4.78. The van der Waals surface area contributed by atoms with Gasteiger partial charge >= 0.3 is 0 Å². The lowest BCUT2D eigenvalue weighted by molar-refractivity contribution is 0.768. The third-order valence-electron chi connectivity index (χ3n) is 14.2. The van der Waals surface area contributed by atoms with E-state index in [2.05, 4.69) is 247 Å². The van der Waals surface area contributed by atoms with E-state index in [0.29, 0.717) is 17.5 Å². The zero-order valence-electron chi connectivity index (χ0n) is 37.3. The molecule has 1 aliphatic carbocycles. The molecule has 14 rings (SSSR count). The number of para-hydroxylation sites is 2. The molecule has 1 aliphatic rings. The molecule has 10 aromatic carbocycles. The summed E-state index contributed by atoms with van der Waals surface area (Å²) in [5.41, 5.74) is 15.0. The van der Waals surface area contributed by atoms with Crippen molar-refractivity contribution in [1.82, 2.24) is 19.5 Å². The SMILES string of the molecule is c1ccc(-c2ccc3c4ccccc4n(-c4ccccc4-c4nc(-c5cccc6c5-c5ccccc5C6(c5ccccc5)c5ccccc5)nc(-c5cccc6c5sc5ccccc56)n4)c3c2)cc1. The molecule has 0 amide bonds. The number of hydrogen-bond donors (Lipinski definition) is 0. The molecule has 0 saturated carbocycles. The number of fused-ring (bicyclic) bond motifs is 9. The molecule has 13 aromatic rings. The molecule has 3 aromatic heterocycles. The van der Waals surface area contributed by atoms with Crippen molar-refractivity contribution >= 4 is 53.3 Å². The highest BCUT2D eigenvalue weighted by Crippen LogP contribution is 2.58. The molecule has 0 saturated heterocycles. The third-order valence-corrected chi connectivity index (χ3v) is 15.4. The van der Waals surface area contributed by atoms with Gasteiger partial charge in [-0.15, -0.1) is 11.3 Å². The summed E-state index contributed by atoms with van der Waals surface area (Å²) >= 11 is 1.79. The molecule has 0 unspecified atom stereocenters. The predicted octanol–water partition coefficient (Wildman–Crippen LogP) is 16.4. The van der Waals surface area contributed by atoms with E-state index in [1.807, 2.05) is 0 Å². The summed E-state index contributed by atoms with van der Waals surface area (Å²) in [5, 5.41) is 4.80. The van der Waals surface area contributed by atoms with Crippen LogP contribution in [0.3, 0.4) is 0 Å². The first kappa shape index (κ1) is 39.4. The van der Waals surface area contributed by atoms with Crippen molar-refractivity contribution in [3.63, 3.8) is 0 Å². The van der Waals surface area contributed by atoms with Crippen molar-refractivity contribution in [3.8, 4) is 62.1 Å². The molecule has 0 radical (unpaired) electrons. The zero-order chi connectivity index (χ0) is 45.5. The Labute approximate surface area is 403 Å². The normalized spacial score (nSPS) is 12.8. The second-order valence-electron chi connectivity index (χ2n) is 17.8. The summed E-state index contributed by atoms with van der Waals surface area (Å²) in [7, 11) is 0. The lowest BCUT2D eigenvalue weighted by Crippen LogP contribution is -2.28. The van der Waals surface area contributed by atoms with Crippen molar-refractivity contribution in [2.75, 3.05) is 0 Å². The summed E-state index contributed by atoms with van der Waals surface area (Å²) in [6.07, 6.45) is 0. The molecular weight excluding hydrogens is 857 g/mol. The van der Waals surface area contributed by atoms with Crippen molar-refractivity contribution in [1.29, 1.82) is 0 Å². The van der Waals surface area contributed by atoms with E-state index in [1.165, 1.54) is 59.6 Å². The van der Waals surface area contributed by atoms with Crippen LogP contribution in [0.5, 0.6) is 0 Å². The minimum atomic E-state index is -0.576. The fourth-order valence-electron chi connectivity index (χ4n) is 11.2. The monoisotopic (exact) mass is 896 g/mol. The number of rotatable bonds is 7. The van der Waals surface area contributed by atoms with E-state index in [9.17, 15) is 0 Å². The molecule has 322 valence electrons. The first-order valence-corrected chi connectivity index (χ1v) is 24.3. The molecule has 0 N–H and O–H groups in total. The summed E-state index contributed by atoms with van der Waals surface area (Å²) in [5.74, 6) is 1.87. The van der Waals surface area contributed by atoms with Gasteiger partial charge in [-0.25, -0.2) is 15.0 Å². The van der Waals surface area contributed by atoms with Crippen LogP contribution >= 0.6 is 11.3 Å². The van der Waals surface area contributed by atoms with Crippen LogP contribution in [0.1, 0.15) is 22.3 Å². The number of thiophene rings is 1. The molecule has 4 nitrogen and oxygen atoms in total. The van der Waals surface area contributed by atoms with Gasteiger partial charge in [-0.3, -0.25) is 0 Å². The van der Waals surface area contributed by atoms with E-state index in [0.717, 1.165) is 49.2 Å². The van der Waals surface area contributed by atoms with Crippen LogP contribution in [0.2, 0.25) is 0 Å². The fraction of sp³-hybridized carbons (Fsp3) is 0.0156. The van der Waals surface area contributed by atoms with Crippen LogP contribution in [0.25, 0.3) is 104 Å². The van der Waals surface area contributed by atoms with Crippen molar-refractivity contribution < 1.29 is 0 Å². The van der Waals surface area contributed by atoms with Crippen LogP contribution in [0, 0.1) is 0 Å². The zero-order valence-corrected chi connectivity index (χ0v) is 38.1. The Balaban J connectivity index is 1.06. The van der Waals surface area contributed by atoms with Gasteiger partial charge in [-0.1, -0.05) is 206 Å². The maximum Gasteiger partial charge on any atom is 0.166 e. The van der Waals surface area contributed by atoms with Gasteiger partial charge in [0.15, 0.2) is 17.5 Å². The van der Waals surface area contributed by atoms with Gasteiger partial charge in [0.1, 0.15) is 0 Å². The van der Waals surface area contributed by atoms with E-state index in [-0.39, 0.29) is 0 Å². The van der Waals surface area contributed by atoms with Gasteiger partial charge in [0.2, 0.25) is 0 Å². The first-order valence-electron chi connectivity index (χ1n) is 23.4.